The van der Waals surface area contributed by atoms with Gasteiger partial charge in [0.25, 0.3) is 5.89 Å². The van der Waals surface area contributed by atoms with Crippen LogP contribution in [0, 0.1) is 5.82 Å². The van der Waals surface area contributed by atoms with E-state index in [2.05, 4.69) is 10.2 Å². The van der Waals surface area contributed by atoms with Crippen molar-refractivity contribution in [3.63, 3.8) is 0 Å². The van der Waals surface area contributed by atoms with Crippen molar-refractivity contribution in [3.8, 4) is 23.0 Å². The maximum Gasteiger partial charge on any atom is 0.254 e. The summed E-state index contributed by atoms with van der Waals surface area (Å²) in [5.74, 6) is 1.45. The van der Waals surface area contributed by atoms with Gasteiger partial charge in [0, 0.05) is 5.56 Å². The summed E-state index contributed by atoms with van der Waals surface area (Å²) in [7, 11) is 0. The molecule has 1 aromatic heterocycles. The molecule has 0 aliphatic rings. The monoisotopic (exact) mass is 314 g/mol. The molecule has 0 saturated carbocycles. The first-order chi connectivity index (χ1) is 11.3. The van der Waals surface area contributed by atoms with Crippen LogP contribution in [0.25, 0.3) is 11.5 Å². The fraction of sp³-hybridized carbons (Fsp3) is 0.176. The molecule has 3 rings (SSSR count). The summed E-state index contributed by atoms with van der Waals surface area (Å²) in [6.07, 6.45) is 0. The fourth-order valence-corrected chi connectivity index (χ4v) is 2.03. The Bertz CT molecular complexity index is 789. The summed E-state index contributed by atoms with van der Waals surface area (Å²) in [5.41, 5.74) is 0.526. The van der Waals surface area contributed by atoms with E-state index in [9.17, 15) is 4.39 Å². The number of aromatic nitrogens is 2. The van der Waals surface area contributed by atoms with E-state index >= 15 is 0 Å². The van der Waals surface area contributed by atoms with E-state index < -0.39 is 0 Å². The van der Waals surface area contributed by atoms with Gasteiger partial charge in [-0.25, -0.2) is 4.39 Å². The van der Waals surface area contributed by atoms with Crippen molar-refractivity contribution in [1.29, 1.82) is 0 Å². The number of para-hydroxylation sites is 2. The van der Waals surface area contributed by atoms with Crippen LogP contribution in [-0.4, -0.2) is 16.8 Å². The van der Waals surface area contributed by atoms with Crippen LogP contribution in [0.3, 0.4) is 0 Å². The number of hydrogen-bond acceptors (Lipinski definition) is 5. The highest BCUT2D eigenvalue weighted by Crippen LogP contribution is 2.27. The molecular formula is C17H15FN2O3. The normalized spacial score (nSPS) is 10.5. The molecule has 0 bridgehead atoms. The minimum Gasteiger partial charge on any atom is -0.490 e. The van der Waals surface area contributed by atoms with Crippen LogP contribution >= 0.6 is 0 Å². The largest absolute Gasteiger partial charge is 0.490 e. The number of rotatable bonds is 6. The molecule has 0 radical (unpaired) electrons. The van der Waals surface area contributed by atoms with Gasteiger partial charge >= 0.3 is 0 Å². The van der Waals surface area contributed by atoms with Gasteiger partial charge in [-0.05, 0) is 37.3 Å². The van der Waals surface area contributed by atoms with Crippen molar-refractivity contribution in [2.75, 3.05) is 6.61 Å². The van der Waals surface area contributed by atoms with Crippen molar-refractivity contribution >= 4 is 0 Å². The van der Waals surface area contributed by atoms with Gasteiger partial charge in [-0.15, -0.1) is 10.2 Å². The third kappa shape index (κ3) is 3.66. The molecule has 0 fully saturated rings. The highest BCUT2D eigenvalue weighted by Gasteiger charge is 2.11. The maximum atomic E-state index is 13.2. The fourth-order valence-electron chi connectivity index (χ4n) is 2.03. The molecule has 0 aliphatic heterocycles. The lowest BCUT2D eigenvalue weighted by Crippen LogP contribution is -1.99. The summed E-state index contributed by atoms with van der Waals surface area (Å²) < 4.78 is 29.8. The molecule has 5 nitrogen and oxygen atoms in total. The lowest BCUT2D eigenvalue weighted by molar-refractivity contribution is 0.243. The summed E-state index contributed by atoms with van der Waals surface area (Å²) in [6, 6.07) is 13.3. The van der Waals surface area contributed by atoms with E-state index in [4.69, 9.17) is 13.9 Å². The highest BCUT2D eigenvalue weighted by atomic mass is 19.1. The summed E-state index contributed by atoms with van der Waals surface area (Å²) >= 11 is 0. The van der Waals surface area contributed by atoms with Gasteiger partial charge in [0.1, 0.15) is 5.82 Å². The summed E-state index contributed by atoms with van der Waals surface area (Å²) in [4.78, 5) is 0. The predicted molar refractivity (Wildman–Crippen MR) is 81.6 cm³/mol. The average Bonchev–Trinajstić information content (AvgIpc) is 3.03. The van der Waals surface area contributed by atoms with Gasteiger partial charge in [0.05, 0.1) is 6.61 Å². The molecular weight excluding hydrogens is 299 g/mol. The number of benzene rings is 2. The van der Waals surface area contributed by atoms with E-state index in [0.29, 0.717) is 29.6 Å². The van der Waals surface area contributed by atoms with Gasteiger partial charge < -0.3 is 13.9 Å². The van der Waals surface area contributed by atoms with Crippen molar-refractivity contribution in [2.24, 2.45) is 0 Å². The van der Waals surface area contributed by atoms with E-state index in [1.165, 1.54) is 12.1 Å². The molecule has 6 heteroatoms. The number of ether oxygens (including phenoxy) is 2. The molecule has 2 aromatic carbocycles. The van der Waals surface area contributed by atoms with Crippen molar-refractivity contribution in [2.45, 2.75) is 13.5 Å². The quantitative estimate of drug-likeness (QED) is 0.691. The third-order valence-corrected chi connectivity index (χ3v) is 3.04. The standard InChI is InChI=1S/C17H15FN2O3/c1-2-21-14-8-3-4-9-15(14)22-11-16-19-20-17(23-16)12-6-5-7-13(18)10-12/h3-10H,2,11H2,1H3. The van der Waals surface area contributed by atoms with Gasteiger partial charge in [0.2, 0.25) is 5.89 Å². The molecule has 118 valence electrons. The number of nitrogens with zero attached hydrogens (tertiary/aromatic N) is 2. The van der Waals surface area contributed by atoms with Crippen molar-refractivity contribution in [1.82, 2.24) is 10.2 Å². The molecule has 0 N–H and O–H groups in total. The minimum atomic E-state index is -0.357. The zero-order valence-corrected chi connectivity index (χ0v) is 12.5. The Morgan fingerprint density at radius 3 is 2.52 bits per heavy atom. The first kappa shape index (κ1) is 15.0. The summed E-state index contributed by atoms with van der Waals surface area (Å²) in [6.45, 7) is 2.55. The Morgan fingerprint density at radius 2 is 1.78 bits per heavy atom. The van der Waals surface area contributed by atoms with E-state index in [0.717, 1.165) is 0 Å². The average molecular weight is 314 g/mol. The molecule has 0 saturated heterocycles. The van der Waals surface area contributed by atoms with Gasteiger partial charge in [-0.1, -0.05) is 18.2 Å². The Morgan fingerprint density at radius 1 is 1.00 bits per heavy atom. The lowest BCUT2D eigenvalue weighted by atomic mass is 10.2. The van der Waals surface area contributed by atoms with Gasteiger partial charge in [0.15, 0.2) is 18.1 Å². The molecule has 0 unspecified atom stereocenters. The molecule has 0 spiro atoms. The van der Waals surface area contributed by atoms with Crippen molar-refractivity contribution < 1.29 is 18.3 Å². The Hall–Kier alpha value is -2.89. The molecule has 0 aliphatic carbocycles. The second-order valence-corrected chi connectivity index (χ2v) is 4.68. The predicted octanol–water partition coefficient (Wildman–Crippen LogP) is 3.85. The first-order valence-corrected chi connectivity index (χ1v) is 7.19. The second-order valence-electron chi connectivity index (χ2n) is 4.68. The van der Waals surface area contributed by atoms with E-state index in [1.54, 1.807) is 18.2 Å². The first-order valence-electron chi connectivity index (χ1n) is 7.19. The molecule has 0 atom stereocenters. The lowest BCUT2D eigenvalue weighted by Gasteiger charge is -2.09. The second kappa shape index (κ2) is 6.91. The summed E-state index contributed by atoms with van der Waals surface area (Å²) in [5, 5.41) is 7.81. The van der Waals surface area contributed by atoms with Gasteiger partial charge in [-0.3, -0.25) is 0 Å². The topological polar surface area (TPSA) is 57.4 Å². The van der Waals surface area contributed by atoms with Crippen LogP contribution in [0.15, 0.2) is 52.9 Å². The van der Waals surface area contributed by atoms with Gasteiger partial charge in [-0.2, -0.15) is 0 Å². The van der Waals surface area contributed by atoms with Crippen LogP contribution in [0.5, 0.6) is 11.5 Å². The molecule has 1 heterocycles. The Labute approximate surface area is 132 Å². The third-order valence-electron chi connectivity index (χ3n) is 3.04. The zero-order chi connectivity index (χ0) is 16.1. The molecule has 0 amide bonds. The van der Waals surface area contributed by atoms with E-state index in [-0.39, 0.29) is 18.3 Å². The SMILES string of the molecule is CCOc1ccccc1OCc1nnc(-c2cccc(F)c2)o1. The smallest absolute Gasteiger partial charge is 0.254 e. The number of halogens is 1. The number of hydrogen-bond donors (Lipinski definition) is 0. The molecule has 3 aromatic rings. The van der Waals surface area contributed by atoms with Crippen molar-refractivity contribution in [3.05, 3.63) is 60.2 Å². The van der Waals surface area contributed by atoms with Crippen LogP contribution in [0.2, 0.25) is 0 Å². The van der Waals surface area contributed by atoms with Crippen LogP contribution in [0.4, 0.5) is 4.39 Å². The Balaban J connectivity index is 1.70. The van der Waals surface area contributed by atoms with Crippen LogP contribution in [-0.2, 0) is 6.61 Å². The molecule has 23 heavy (non-hydrogen) atoms. The van der Waals surface area contributed by atoms with Crippen LogP contribution < -0.4 is 9.47 Å². The zero-order valence-electron chi connectivity index (χ0n) is 12.5. The minimum absolute atomic E-state index is 0.104. The van der Waals surface area contributed by atoms with E-state index in [1.807, 2.05) is 25.1 Å². The Kier molecular flexibility index (Phi) is 4.52. The maximum absolute atomic E-state index is 13.2. The van der Waals surface area contributed by atoms with Crippen LogP contribution in [0.1, 0.15) is 12.8 Å². The highest BCUT2D eigenvalue weighted by molar-refractivity contribution is 5.52.